The van der Waals surface area contributed by atoms with Gasteiger partial charge in [0, 0.05) is 50.1 Å². The Morgan fingerprint density at radius 2 is 2.03 bits per heavy atom. The van der Waals surface area contributed by atoms with Gasteiger partial charge in [0.1, 0.15) is 5.69 Å². The number of aryl methyl sites for hydroxylation is 2. The van der Waals surface area contributed by atoms with E-state index in [0.717, 1.165) is 22.5 Å². The van der Waals surface area contributed by atoms with Crippen LogP contribution < -0.4 is 16.6 Å². The Hall–Kier alpha value is -4.01. The summed E-state index contributed by atoms with van der Waals surface area (Å²) in [5, 5.41) is 12.6. The summed E-state index contributed by atoms with van der Waals surface area (Å²) < 4.78 is 3.18. The molecule has 9 nitrogen and oxygen atoms in total. The zero-order valence-electron chi connectivity index (χ0n) is 20.1. The minimum atomic E-state index is -0.349. The predicted molar refractivity (Wildman–Crippen MR) is 137 cm³/mol. The number of allylic oxidation sites excluding steroid dienone is 6. The number of aromatic nitrogens is 3. The van der Waals surface area contributed by atoms with Crippen LogP contribution >= 0.6 is 0 Å². The standard InChI is InChI=1S/C26H31N5O4/c1-4-5-9-23-17(2)27-26(35)31(23)20-10-12-30(13-11-20)25(34)28-22-15-19(16-29(3)24(22)33)18-7-6-8-21(32)14-18/h4-5,7,9,14-16,20,32H,1,6,8,10-13H2,2-3H3,(H,27,35)(H,28,34)/b9-5-. The number of piperidine rings is 1. The lowest BCUT2D eigenvalue weighted by Crippen LogP contribution is -2.43. The number of rotatable bonds is 5. The summed E-state index contributed by atoms with van der Waals surface area (Å²) in [6, 6.07) is 1.27. The average Bonchev–Trinajstić information content (AvgIpc) is 3.12. The van der Waals surface area contributed by atoms with Crippen molar-refractivity contribution in [2.24, 2.45) is 7.05 Å². The number of hydrogen-bond donors (Lipinski definition) is 3. The van der Waals surface area contributed by atoms with Gasteiger partial charge in [-0.15, -0.1) is 0 Å². The first kappa shape index (κ1) is 24.1. The molecular weight excluding hydrogens is 446 g/mol. The van der Waals surface area contributed by atoms with E-state index in [1.807, 2.05) is 19.1 Å². The molecule has 2 aromatic rings. The Kier molecular flexibility index (Phi) is 6.95. The normalized spacial score (nSPS) is 16.8. The van der Waals surface area contributed by atoms with Crippen LogP contribution in [0.2, 0.25) is 0 Å². The van der Waals surface area contributed by atoms with Crippen LogP contribution in [0, 0.1) is 6.92 Å². The number of hydrogen-bond acceptors (Lipinski definition) is 4. The number of aliphatic hydroxyl groups is 1. The van der Waals surface area contributed by atoms with Crippen molar-refractivity contribution in [2.45, 2.75) is 38.6 Å². The van der Waals surface area contributed by atoms with Crippen LogP contribution in [0.5, 0.6) is 0 Å². The highest BCUT2D eigenvalue weighted by atomic mass is 16.3. The highest BCUT2D eigenvalue weighted by Gasteiger charge is 2.27. The lowest BCUT2D eigenvalue weighted by Gasteiger charge is -2.32. The third kappa shape index (κ3) is 5.08. The van der Waals surface area contributed by atoms with Gasteiger partial charge in [-0.1, -0.05) is 24.8 Å². The van der Waals surface area contributed by atoms with E-state index in [1.54, 1.807) is 47.0 Å². The molecule has 0 atom stereocenters. The maximum absolute atomic E-state index is 13.0. The molecule has 9 heteroatoms. The first-order valence-electron chi connectivity index (χ1n) is 11.8. The van der Waals surface area contributed by atoms with E-state index in [0.29, 0.717) is 44.5 Å². The smallest absolute Gasteiger partial charge is 0.326 e. The van der Waals surface area contributed by atoms with Crippen LogP contribution in [-0.2, 0) is 7.05 Å². The quantitative estimate of drug-likeness (QED) is 0.568. The van der Waals surface area contributed by atoms with Crippen LogP contribution in [0.25, 0.3) is 11.6 Å². The molecule has 0 aromatic carbocycles. The monoisotopic (exact) mass is 477 g/mol. The molecule has 0 unspecified atom stereocenters. The molecule has 1 saturated heterocycles. The summed E-state index contributed by atoms with van der Waals surface area (Å²) in [7, 11) is 1.63. The second kappa shape index (κ2) is 10.1. The molecule has 35 heavy (non-hydrogen) atoms. The summed E-state index contributed by atoms with van der Waals surface area (Å²) >= 11 is 0. The molecule has 2 amide bonds. The van der Waals surface area contributed by atoms with Crippen molar-refractivity contribution in [3.8, 4) is 0 Å². The van der Waals surface area contributed by atoms with Crippen LogP contribution in [-0.4, -0.2) is 43.2 Å². The van der Waals surface area contributed by atoms with Gasteiger partial charge in [0.15, 0.2) is 0 Å². The first-order valence-corrected chi connectivity index (χ1v) is 11.8. The molecule has 1 aliphatic carbocycles. The molecule has 3 N–H and O–H groups in total. The second-order valence-corrected chi connectivity index (χ2v) is 8.95. The number of nitrogens with zero attached hydrogens (tertiary/aromatic N) is 3. The number of aliphatic hydroxyl groups excluding tert-OH is 1. The number of anilines is 1. The molecular formula is C26H31N5O4. The molecule has 1 fully saturated rings. The Labute approximate surface area is 203 Å². The highest BCUT2D eigenvalue weighted by molar-refractivity contribution is 5.90. The molecule has 0 spiro atoms. The average molecular weight is 478 g/mol. The van der Waals surface area contributed by atoms with Gasteiger partial charge in [0.05, 0.1) is 11.5 Å². The van der Waals surface area contributed by atoms with Gasteiger partial charge in [-0.25, -0.2) is 9.59 Å². The van der Waals surface area contributed by atoms with E-state index in [-0.39, 0.29) is 29.0 Å². The molecule has 184 valence electrons. The molecule has 3 heterocycles. The van der Waals surface area contributed by atoms with Crippen molar-refractivity contribution in [2.75, 3.05) is 18.4 Å². The number of pyridine rings is 1. The van der Waals surface area contributed by atoms with Gasteiger partial charge in [0.25, 0.3) is 5.56 Å². The Bertz CT molecular complexity index is 1350. The van der Waals surface area contributed by atoms with E-state index < -0.39 is 0 Å². The fraction of sp³-hybridized carbons (Fsp3) is 0.346. The fourth-order valence-corrected chi connectivity index (χ4v) is 4.67. The third-order valence-electron chi connectivity index (χ3n) is 6.51. The summed E-state index contributed by atoms with van der Waals surface area (Å²) in [5.74, 6) is 0.296. The lowest BCUT2D eigenvalue weighted by atomic mass is 9.99. The van der Waals surface area contributed by atoms with Crippen LogP contribution in [0.1, 0.15) is 48.7 Å². The largest absolute Gasteiger partial charge is 0.512 e. The summed E-state index contributed by atoms with van der Waals surface area (Å²) in [6.07, 6.45) is 13.2. The third-order valence-corrected chi connectivity index (χ3v) is 6.51. The van der Waals surface area contributed by atoms with E-state index in [2.05, 4.69) is 16.9 Å². The van der Waals surface area contributed by atoms with Gasteiger partial charge in [0.2, 0.25) is 0 Å². The van der Waals surface area contributed by atoms with Crippen LogP contribution in [0.4, 0.5) is 10.5 Å². The SMILES string of the molecule is C=C/C=C\c1c(C)[nH]c(=O)n1C1CCN(C(=O)Nc2cc(C3=CCCC(O)=C3)cn(C)c2=O)CC1. The molecule has 0 bridgehead atoms. The van der Waals surface area contributed by atoms with Gasteiger partial charge in [-0.3, -0.25) is 9.36 Å². The first-order chi connectivity index (χ1) is 16.8. The topological polar surface area (TPSA) is 112 Å². The predicted octanol–water partition coefficient (Wildman–Crippen LogP) is 3.87. The number of H-pyrrole nitrogens is 1. The summed E-state index contributed by atoms with van der Waals surface area (Å²) in [5.41, 5.74) is 2.88. The van der Waals surface area contributed by atoms with Gasteiger partial charge < -0.3 is 24.9 Å². The zero-order valence-corrected chi connectivity index (χ0v) is 20.1. The van der Waals surface area contributed by atoms with Crippen molar-refractivity contribution >= 4 is 23.4 Å². The Morgan fingerprint density at radius 1 is 1.29 bits per heavy atom. The molecule has 1 aliphatic heterocycles. The molecule has 0 radical (unpaired) electrons. The number of carbonyl (C=O) groups is 1. The Morgan fingerprint density at radius 3 is 2.71 bits per heavy atom. The number of likely N-dealkylation sites (tertiary alicyclic amines) is 1. The number of amides is 2. The Balaban J connectivity index is 1.47. The van der Waals surface area contributed by atoms with Crippen molar-refractivity contribution in [1.82, 2.24) is 19.0 Å². The molecule has 0 saturated carbocycles. The zero-order chi connectivity index (χ0) is 25.1. The number of imidazole rings is 1. The minimum Gasteiger partial charge on any atom is -0.512 e. The van der Waals surface area contributed by atoms with E-state index in [1.165, 1.54) is 4.57 Å². The maximum Gasteiger partial charge on any atom is 0.326 e. The van der Waals surface area contributed by atoms with E-state index in [4.69, 9.17) is 0 Å². The van der Waals surface area contributed by atoms with Crippen LogP contribution in [0.15, 0.2) is 58.5 Å². The molecule has 4 rings (SSSR count). The van der Waals surface area contributed by atoms with Crippen LogP contribution in [0.3, 0.4) is 0 Å². The molecule has 2 aliphatic rings. The maximum atomic E-state index is 13.0. The summed E-state index contributed by atoms with van der Waals surface area (Å²) in [6.45, 7) is 6.46. The highest BCUT2D eigenvalue weighted by Crippen LogP contribution is 2.26. The van der Waals surface area contributed by atoms with Gasteiger partial charge in [-0.05, 0) is 50.0 Å². The van der Waals surface area contributed by atoms with E-state index in [9.17, 15) is 19.5 Å². The number of urea groups is 1. The van der Waals surface area contributed by atoms with Crippen molar-refractivity contribution in [1.29, 1.82) is 0 Å². The fourth-order valence-electron chi connectivity index (χ4n) is 4.67. The van der Waals surface area contributed by atoms with Gasteiger partial charge >= 0.3 is 11.7 Å². The second-order valence-electron chi connectivity index (χ2n) is 8.95. The van der Waals surface area contributed by atoms with E-state index >= 15 is 0 Å². The lowest BCUT2D eigenvalue weighted by molar-refractivity contribution is 0.183. The van der Waals surface area contributed by atoms with Crippen molar-refractivity contribution < 1.29 is 9.90 Å². The number of nitrogens with one attached hydrogen (secondary N) is 2. The molecule has 2 aromatic heterocycles. The number of aromatic amines is 1. The van der Waals surface area contributed by atoms with Gasteiger partial charge in [-0.2, -0.15) is 0 Å². The summed E-state index contributed by atoms with van der Waals surface area (Å²) in [4.78, 5) is 42.7. The number of carbonyl (C=O) groups excluding carboxylic acids is 1. The van der Waals surface area contributed by atoms with Crippen molar-refractivity contribution in [3.63, 3.8) is 0 Å². The van der Waals surface area contributed by atoms with Crippen molar-refractivity contribution in [3.05, 3.63) is 86.7 Å². The minimum absolute atomic E-state index is 0.0325.